The van der Waals surface area contributed by atoms with Gasteiger partial charge in [0.15, 0.2) is 6.61 Å². The molecule has 30 heavy (non-hydrogen) atoms. The number of para-hydroxylation sites is 1. The minimum atomic E-state index is -0.618. The Morgan fingerprint density at radius 3 is 2.37 bits per heavy atom. The van der Waals surface area contributed by atoms with Gasteiger partial charge in [-0.1, -0.05) is 44.2 Å². The first-order valence-corrected chi connectivity index (χ1v) is 10.3. The van der Waals surface area contributed by atoms with E-state index in [4.69, 9.17) is 4.74 Å². The molecule has 1 N–H and O–H groups in total. The normalized spacial score (nSPS) is 20.5. The summed E-state index contributed by atoms with van der Waals surface area (Å²) in [5, 5.41) is 2.82. The van der Waals surface area contributed by atoms with Crippen molar-refractivity contribution in [1.82, 2.24) is 4.90 Å². The maximum Gasteiger partial charge on any atom is 0.308 e. The first-order chi connectivity index (χ1) is 14.3. The molecule has 0 spiro atoms. The highest BCUT2D eigenvalue weighted by atomic mass is 16.5. The van der Waals surface area contributed by atoms with Gasteiger partial charge in [-0.3, -0.25) is 24.1 Å². The second-order valence-electron chi connectivity index (χ2n) is 8.14. The van der Waals surface area contributed by atoms with E-state index in [1.807, 2.05) is 51.1 Å². The summed E-state index contributed by atoms with van der Waals surface area (Å²) in [6, 6.07) is 5.80. The third kappa shape index (κ3) is 4.61. The average Bonchev–Trinajstić information content (AvgIpc) is 2.96. The van der Waals surface area contributed by atoms with E-state index in [1.165, 1.54) is 0 Å². The summed E-state index contributed by atoms with van der Waals surface area (Å²) < 4.78 is 5.05. The van der Waals surface area contributed by atoms with Crippen molar-refractivity contribution in [3.8, 4) is 0 Å². The molecule has 7 heteroatoms. The number of rotatable bonds is 7. The van der Waals surface area contributed by atoms with Gasteiger partial charge in [0.2, 0.25) is 11.8 Å². The summed E-state index contributed by atoms with van der Waals surface area (Å²) in [6.45, 7) is 5.56. The number of hydrogen-bond acceptors (Lipinski definition) is 5. The number of carbonyl (C=O) groups is 4. The van der Waals surface area contributed by atoms with Crippen molar-refractivity contribution in [1.29, 1.82) is 0 Å². The van der Waals surface area contributed by atoms with E-state index >= 15 is 0 Å². The number of nitrogens with one attached hydrogen (secondary N) is 1. The minimum absolute atomic E-state index is 0.0135. The third-order valence-corrected chi connectivity index (χ3v) is 5.69. The molecule has 1 heterocycles. The lowest BCUT2D eigenvalue weighted by molar-refractivity contribution is -0.148. The number of anilines is 1. The Hall–Kier alpha value is -2.96. The maximum absolute atomic E-state index is 12.4. The summed E-state index contributed by atoms with van der Waals surface area (Å²) in [7, 11) is 0. The van der Waals surface area contributed by atoms with Gasteiger partial charge in [0.1, 0.15) is 0 Å². The number of likely N-dealkylation sites (tertiary alicyclic amines) is 1. The lowest BCUT2D eigenvalue weighted by atomic mass is 9.85. The molecular weight excluding hydrogens is 384 g/mol. The fourth-order valence-electron chi connectivity index (χ4n) is 4.03. The SMILES string of the molecule is Cc1cccc(C(C)C)c1NC(=O)COC(=O)CCN1C(=O)[C@H]2CC=CC[C@H]2C1=O. The Balaban J connectivity index is 1.48. The highest BCUT2D eigenvalue weighted by Crippen LogP contribution is 2.35. The molecule has 0 aromatic heterocycles. The van der Waals surface area contributed by atoms with E-state index in [-0.39, 0.29) is 42.5 Å². The Morgan fingerprint density at radius 2 is 1.77 bits per heavy atom. The average molecular weight is 412 g/mol. The van der Waals surface area contributed by atoms with Crippen LogP contribution in [0.25, 0.3) is 0 Å². The summed E-state index contributed by atoms with van der Waals surface area (Å²) in [5.41, 5.74) is 2.68. The molecule has 1 aliphatic carbocycles. The van der Waals surface area contributed by atoms with Crippen molar-refractivity contribution in [2.24, 2.45) is 11.8 Å². The molecule has 1 fully saturated rings. The number of imide groups is 1. The van der Waals surface area contributed by atoms with Gasteiger partial charge in [-0.05, 0) is 36.8 Å². The van der Waals surface area contributed by atoms with Crippen LogP contribution in [-0.4, -0.2) is 41.7 Å². The van der Waals surface area contributed by atoms with Crippen LogP contribution in [0.5, 0.6) is 0 Å². The second kappa shape index (κ2) is 9.24. The summed E-state index contributed by atoms with van der Waals surface area (Å²) in [4.78, 5) is 50.3. The van der Waals surface area contributed by atoms with Crippen LogP contribution in [0.15, 0.2) is 30.4 Å². The molecule has 1 aromatic rings. The van der Waals surface area contributed by atoms with Crippen LogP contribution in [0.1, 0.15) is 50.2 Å². The molecule has 0 bridgehead atoms. The van der Waals surface area contributed by atoms with Crippen LogP contribution >= 0.6 is 0 Å². The number of hydrogen-bond donors (Lipinski definition) is 1. The molecule has 3 rings (SSSR count). The van der Waals surface area contributed by atoms with Crippen LogP contribution < -0.4 is 5.32 Å². The zero-order valence-electron chi connectivity index (χ0n) is 17.6. The molecule has 7 nitrogen and oxygen atoms in total. The Labute approximate surface area is 176 Å². The number of allylic oxidation sites excluding steroid dienone is 2. The zero-order chi connectivity index (χ0) is 21.8. The predicted molar refractivity (Wildman–Crippen MR) is 112 cm³/mol. The number of nitrogens with zero attached hydrogens (tertiary/aromatic N) is 1. The highest BCUT2D eigenvalue weighted by molar-refractivity contribution is 6.05. The van der Waals surface area contributed by atoms with Gasteiger partial charge >= 0.3 is 5.97 Å². The number of carbonyl (C=O) groups excluding carboxylic acids is 4. The largest absolute Gasteiger partial charge is 0.456 e. The van der Waals surface area contributed by atoms with Crippen LogP contribution in [0.3, 0.4) is 0 Å². The molecule has 2 atom stereocenters. The Morgan fingerprint density at radius 1 is 1.13 bits per heavy atom. The smallest absolute Gasteiger partial charge is 0.308 e. The molecule has 1 aromatic carbocycles. The number of amides is 3. The molecule has 0 radical (unpaired) electrons. The topological polar surface area (TPSA) is 92.8 Å². The van der Waals surface area contributed by atoms with E-state index in [1.54, 1.807) is 0 Å². The van der Waals surface area contributed by atoms with E-state index in [2.05, 4.69) is 5.32 Å². The molecule has 0 saturated carbocycles. The van der Waals surface area contributed by atoms with Gasteiger partial charge in [-0.15, -0.1) is 0 Å². The number of esters is 1. The van der Waals surface area contributed by atoms with Crippen molar-refractivity contribution < 1.29 is 23.9 Å². The van der Waals surface area contributed by atoms with E-state index in [0.717, 1.165) is 21.7 Å². The number of benzene rings is 1. The predicted octanol–water partition coefficient (Wildman–Crippen LogP) is 2.94. The van der Waals surface area contributed by atoms with Crippen molar-refractivity contribution in [2.45, 2.75) is 46.0 Å². The molecule has 0 unspecified atom stereocenters. The van der Waals surface area contributed by atoms with Gasteiger partial charge in [-0.2, -0.15) is 0 Å². The maximum atomic E-state index is 12.4. The molecule has 1 saturated heterocycles. The summed E-state index contributed by atoms with van der Waals surface area (Å²) in [6.07, 6.45) is 4.84. The summed E-state index contributed by atoms with van der Waals surface area (Å²) in [5.74, 6) is -1.88. The van der Waals surface area contributed by atoms with Gasteiger partial charge < -0.3 is 10.1 Å². The van der Waals surface area contributed by atoms with Crippen LogP contribution in [-0.2, 0) is 23.9 Å². The number of aryl methyl sites for hydroxylation is 1. The van der Waals surface area contributed by atoms with Crippen molar-refractivity contribution in [3.05, 3.63) is 41.5 Å². The summed E-state index contributed by atoms with van der Waals surface area (Å²) >= 11 is 0. The molecule has 1 aliphatic heterocycles. The van der Waals surface area contributed by atoms with Gasteiger partial charge in [0.25, 0.3) is 5.91 Å². The molecule has 2 aliphatic rings. The van der Waals surface area contributed by atoms with Crippen molar-refractivity contribution >= 4 is 29.4 Å². The van der Waals surface area contributed by atoms with Gasteiger partial charge in [0.05, 0.1) is 18.3 Å². The highest BCUT2D eigenvalue weighted by Gasteiger charge is 2.46. The first-order valence-electron chi connectivity index (χ1n) is 10.3. The lowest BCUT2D eigenvalue weighted by Gasteiger charge is -2.17. The van der Waals surface area contributed by atoms with Crippen molar-refractivity contribution in [3.63, 3.8) is 0 Å². The third-order valence-electron chi connectivity index (χ3n) is 5.69. The number of ether oxygens (including phenoxy) is 1. The van der Waals surface area contributed by atoms with Crippen molar-refractivity contribution in [2.75, 3.05) is 18.5 Å². The Bertz CT molecular complexity index is 864. The minimum Gasteiger partial charge on any atom is -0.456 e. The molecule has 160 valence electrons. The molecular formula is C23H28N2O5. The standard InChI is InChI=1S/C23H28N2O5/c1-14(2)16-10-6-7-15(3)21(16)24-19(26)13-30-20(27)11-12-25-22(28)17-8-4-5-9-18(17)23(25)29/h4-7,10,14,17-18H,8-9,11-13H2,1-3H3,(H,24,26)/t17-,18+. The zero-order valence-corrected chi connectivity index (χ0v) is 17.6. The van der Waals surface area contributed by atoms with Crippen LogP contribution in [0.2, 0.25) is 0 Å². The fraction of sp³-hybridized carbons (Fsp3) is 0.478. The monoisotopic (exact) mass is 412 g/mol. The van der Waals surface area contributed by atoms with Gasteiger partial charge in [-0.25, -0.2) is 0 Å². The lowest BCUT2D eigenvalue weighted by Crippen LogP contribution is -2.33. The van der Waals surface area contributed by atoms with E-state index < -0.39 is 18.5 Å². The van der Waals surface area contributed by atoms with Crippen LogP contribution in [0, 0.1) is 18.8 Å². The van der Waals surface area contributed by atoms with Crippen LogP contribution in [0.4, 0.5) is 5.69 Å². The number of fused-ring (bicyclic) bond motifs is 1. The Kier molecular flexibility index (Phi) is 6.70. The van der Waals surface area contributed by atoms with Gasteiger partial charge in [0, 0.05) is 12.2 Å². The quantitative estimate of drug-likeness (QED) is 0.422. The fourth-order valence-corrected chi connectivity index (χ4v) is 4.03. The molecule has 3 amide bonds. The second-order valence-corrected chi connectivity index (χ2v) is 8.14. The van der Waals surface area contributed by atoms with E-state index in [9.17, 15) is 19.2 Å². The first kappa shape index (κ1) is 21.7. The van der Waals surface area contributed by atoms with E-state index in [0.29, 0.717) is 12.8 Å².